The molecule has 5 heteroatoms. The van der Waals surface area contributed by atoms with Gasteiger partial charge in [0.1, 0.15) is 0 Å². The molecule has 0 saturated carbocycles. The van der Waals surface area contributed by atoms with Gasteiger partial charge in [0.05, 0.1) is 13.2 Å². The van der Waals surface area contributed by atoms with Crippen LogP contribution in [0.5, 0.6) is 0 Å². The number of nitrogens with one attached hydrogen (secondary N) is 2. The first-order valence-electron chi connectivity index (χ1n) is 7.41. The number of halogens is 1. The Balaban J connectivity index is 2.12. The van der Waals surface area contributed by atoms with Crippen LogP contribution in [0.2, 0.25) is 0 Å². The van der Waals surface area contributed by atoms with Crippen LogP contribution in [0.3, 0.4) is 0 Å². The van der Waals surface area contributed by atoms with Crippen LogP contribution in [0.4, 0.5) is 0 Å². The van der Waals surface area contributed by atoms with E-state index in [9.17, 15) is 10.2 Å². The van der Waals surface area contributed by atoms with Gasteiger partial charge in [-0.15, -0.1) is 0 Å². The fourth-order valence-electron chi connectivity index (χ4n) is 2.61. The zero-order chi connectivity index (χ0) is 15.1. The first-order chi connectivity index (χ1) is 10.3. The molecule has 0 amide bonds. The Morgan fingerprint density at radius 3 is 1.86 bits per heavy atom. The van der Waals surface area contributed by atoms with Gasteiger partial charge in [-0.2, -0.15) is 0 Å². The van der Waals surface area contributed by atoms with Gasteiger partial charge in [0.2, 0.25) is 0 Å². The highest BCUT2D eigenvalue weighted by atomic mass is 79.9. The second-order valence-electron chi connectivity index (χ2n) is 5.28. The zero-order valence-electron chi connectivity index (χ0n) is 12.1. The van der Waals surface area contributed by atoms with E-state index in [1.807, 2.05) is 24.3 Å². The Morgan fingerprint density at radius 2 is 1.43 bits per heavy atom. The van der Waals surface area contributed by atoms with Gasteiger partial charge in [0.25, 0.3) is 0 Å². The van der Waals surface area contributed by atoms with Crippen molar-refractivity contribution in [2.24, 2.45) is 0 Å². The summed E-state index contributed by atoms with van der Waals surface area (Å²) in [6.45, 7) is 0.0614. The third-order valence-electron chi connectivity index (χ3n) is 3.76. The monoisotopic (exact) mass is 354 g/mol. The van der Waals surface area contributed by atoms with E-state index in [1.165, 1.54) is 12.8 Å². The maximum Gasteiger partial charge on any atom is 0.0830 e. The van der Waals surface area contributed by atoms with Crippen molar-refractivity contribution in [2.75, 3.05) is 5.33 Å². The van der Waals surface area contributed by atoms with Crippen LogP contribution in [0.1, 0.15) is 54.4 Å². The molecular formula is C16H23BrN2O2. The molecule has 4 N–H and O–H groups in total. The van der Waals surface area contributed by atoms with Gasteiger partial charge in [0, 0.05) is 34.0 Å². The average molecular weight is 355 g/mol. The van der Waals surface area contributed by atoms with Gasteiger partial charge in [-0.25, -0.2) is 0 Å². The number of hydrogen-bond acceptors (Lipinski definition) is 2. The highest BCUT2D eigenvalue weighted by Crippen LogP contribution is 2.29. The first-order valence-corrected chi connectivity index (χ1v) is 8.54. The topological polar surface area (TPSA) is 72.0 Å². The predicted octanol–water partition coefficient (Wildman–Crippen LogP) is 3.41. The van der Waals surface area contributed by atoms with Crippen molar-refractivity contribution in [3.63, 3.8) is 0 Å². The maximum atomic E-state index is 9.21. The van der Waals surface area contributed by atoms with Crippen molar-refractivity contribution in [3.05, 3.63) is 47.0 Å². The van der Waals surface area contributed by atoms with Gasteiger partial charge in [-0.3, -0.25) is 0 Å². The summed E-state index contributed by atoms with van der Waals surface area (Å²) in [4.78, 5) is 6.58. The Bertz CT molecular complexity index is 494. The molecular weight excluding hydrogens is 332 g/mol. The van der Waals surface area contributed by atoms with Gasteiger partial charge in [-0.1, -0.05) is 28.8 Å². The molecule has 0 aliphatic rings. The van der Waals surface area contributed by atoms with Crippen LogP contribution < -0.4 is 0 Å². The van der Waals surface area contributed by atoms with E-state index in [0.717, 1.165) is 40.9 Å². The number of alkyl halides is 1. The smallest absolute Gasteiger partial charge is 0.0830 e. The standard InChI is InChI=1S/C16H23BrN2O2/c17-9-3-1-2-4-14(15-7-5-12(10-20)18-15)16-8-6-13(11-21)19-16/h5-8,14,18-21H,1-4,9-11H2. The predicted molar refractivity (Wildman–Crippen MR) is 87.5 cm³/mol. The van der Waals surface area contributed by atoms with Crippen molar-refractivity contribution >= 4 is 15.9 Å². The molecule has 2 aromatic rings. The lowest BCUT2D eigenvalue weighted by molar-refractivity contribution is 0.277. The number of unbranched alkanes of at least 4 members (excludes halogenated alkanes) is 2. The summed E-state index contributed by atoms with van der Waals surface area (Å²) in [5, 5.41) is 19.5. The van der Waals surface area contributed by atoms with Gasteiger partial charge < -0.3 is 20.2 Å². The number of aromatic amines is 2. The summed E-state index contributed by atoms with van der Waals surface area (Å²) in [7, 11) is 0. The van der Waals surface area contributed by atoms with Crippen LogP contribution in [0.25, 0.3) is 0 Å². The molecule has 21 heavy (non-hydrogen) atoms. The largest absolute Gasteiger partial charge is 0.390 e. The second kappa shape index (κ2) is 8.41. The van der Waals surface area contributed by atoms with Crippen LogP contribution in [0, 0.1) is 0 Å². The normalized spacial score (nSPS) is 11.4. The molecule has 0 atom stereocenters. The summed E-state index contributed by atoms with van der Waals surface area (Å²) in [6.07, 6.45) is 4.58. The number of aliphatic hydroxyl groups is 2. The molecule has 2 rings (SSSR count). The molecule has 2 heterocycles. The summed E-state index contributed by atoms with van der Waals surface area (Å²) in [5.41, 5.74) is 3.90. The molecule has 0 saturated heterocycles. The fourth-order valence-corrected chi connectivity index (χ4v) is 3.00. The van der Waals surface area contributed by atoms with E-state index < -0.39 is 0 Å². The quantitative estimate of drug-likeness (QED) is 0.411. The SMILES string of the molecule is OCc1ccc(C(CCCCCBr)c2ccc(CO)[nH]2)[nH]1. The minimum Gasteiger partial charge on any atom is -0.390 e. The van der Waals surface area contributed by atoms with E-state index in [2.05, 4.69) is 25.9 Å². The molecule has 0 spiro atoms. The van der Waals surface area contributed by atoms with Crippen molar-refractivity contribution in [2.45, 2.75) is 44.8 Å². The number of rotatable bonds is 9. The van der Waals surface area contributed by atoms with Crippen molar-refractivity contribution < 1.29 is 10.2 Å². The summed E-state index contributed by atoms with van der Waals surface area (Å²) in [5.74, 6) is 0.251. The van der Waals surface area contributed by atoms with Crippen molar-refractivity contribution in [3.8, 4) is 0 Å². The van der Waals surface area contributed by atoms with Gasteiger partial charge >= 0.3 is 0 Å². The summed E-state index contributed by atoms with van der Waals surface area (Å²) < 4.78 is 0. The van der Waals surface area contributed by atoms with E-state index in [0.29, 0.717) is 0 Å². The van der Waals surface area contributed by atoms with Gasteiger partial charge in [0.15, 0.2) is 0 Å². The first kappa shape index (κ1) is 16.3. The summed E-state index contributed by atoms with van der Waals surface area (Å²) >= 11 is 3.46. The van der Waals surface area contributed by atoms with Crippen LogP contribution in [0.15, 0.2) is 24.3 Å². The number of aromatic nitrogens is 2. The third-order valence-corrected chi connectivity index (χ3v) is 4.32. The Hall–Kier alpha value is -1.04. The zero-order valence-corrected chi connectivity index (χ0v) is 13.7. The van der Waals surface area contributed by atoms with Gasteiger partial charge in [-0.05, 0) is 37.1 Å². The number of H-pyrrole nitrogens is 2. The minimum absolute atomic E-state index is 0.0307. The lowest BCUT2D eigenvalue weighted by Crippen LogP contribution is -2.03. The lowest BCUT2D eigenvalue weighted by atomic mass is 9.95. The Kier molecular flexibility index (Phi) is 6.54. The molecule has 0 bridgehead atoms. The molecule has 0 aliphatic carbocycles. The molecule has 116 valence electrons. The van der Waals surface area contributed by atoms with Crippen LogP contribution in [-0.4, -0.2) is 25.5 Å². The third kappa shape index (κ3) is 4.46. The van der Waals surface area contributed by atoms with E-state index in [-0.39, 0.29) is 19.1 Å². The van der Waals surface area contributed by atoms with E-state index >= 15 is 0 Å². The molecule has 4 nitrogen and oxygen atoms in total. The molecule has 0 fully saturated rings. The molecule has 0 aliphatic heterocycles. The second-order valence-corrected chi connectivity index (χ2v) is 6.08. The Morgan fingerprint density at radius 1 is 0.857 bits per heavy atom. The van der Waals surface area contributed by atoms with Crippen LogP contribution in [-0.2, 0) is 13.2 Å². The highest BCUT2D eigenvalue weighted by Gasteiger charge is 2.17. The number of hydrogen-bond donors (Lipinski definition) is 4. The number of aliphatic hydroxyl groups excluding tert-OH is 2. The minimum atomic E-state index is 0.0307. The van der Waals surface area contributed by atoms with Crippen molar-refractivity contribution in [1.82, 2.24) is 9.97 Å². The summed E-state index contributed by atoms with van der Waals surface area (Å²) in [6, 6.07) is 7.94. The van der Waals surface area contributed by atoms with Crippen molar-refractivity contribution in [1.29, 1.82) is 0 Å². The molecule has 0 unspecified atom stereocenters. The molecule has 0 aromatic carbocycles. The fraction of sp³-hybridized carbons (Fsp3) is 0.500. The lowest BCUT2D eigenvalue weighted by Gasteiger charge is -2.15. The average Bonchev–Trinajstić information content (AvgIpc) is 3.16. The Labute approximate surface area is 133 Å². The van der Waals surface area contributed by atoms with E-state index in [1.54, 1.807) is 0 Å². The molecule has 0 radical (unpaired) electrons. The van der Waals surface area contributed by atoms with Crippen LogP contribution >= 0.6 is 15.9 Å². The highest BCUT2D eigenvalue weighted by molar-refractivity contribution is 9.09. The maximum absolute atomic E-state index is 9.21. The molecule has 2 aromatic heterocycles. The van der Waals surface area contributed by atoms with E-state index in [4.69, 9.17) is 0 Å².